The summed E-state index contributed by atoms with van der Waals surface area (Å²) in [5.74, 6) is 1.52. The monoisotopic (exact) mass is 646 g/mol. The quantitative estimate of drug-likeness (QED) is 0.139. The molecule has 0 radical (unpaired) electrons. The van der Waals surface area contributed by atoms with Crippen LogP contribution in [0.2, 0.25) is 0 Å². The molecule has 6 aromatic rings. The molecule has 2 N–H and O–H groups in total. The van der Waals surface area contributed by atoms with Gasteiger partial charge in [-0.2, -0.15) is 0 Å². The van der Waals surface area contributed by atoms with Crippen LogP contribution >= 0.6 is 0 Å². The Morgan fingerprint density at radius 2 is 0.816 bits per heavy atom. The summed E-state index contributed by atoms with van der Waals surface area (Å²) in [5, 5.41) is 20.6. The highest BCUT2D eigenvalue weighted by atomic mass is 16.5. The highest BCUT2D eigenvalue weighted by Crippen LogP contribution is 2.59. The molecule has 0 aromatic heterocycles. The molecule has 2 unspecified atom stereocenters. The fourth-order valence-electron chi connectivity index (χ4n) is 7.45. The molecule has 246 valence electrons. The van der Waals surface area contributed by atoms with Crippen LogP contribution in [-0.4, -0.2) is 35.6 Å². The van der Waals surface area contributed by atoms with Crippen LogP contribution < -0.4 is 9.47 Å². The van der Waals surface area contributed by atoms with Crippen molar-refractivity contribution in [3.8, 4) is 22.6 Å². The predicted octanol–water partition coefficient (Wildman–Crippen LogP) is 8.75. The van der Waals surface area contributed by atoms with Crippen molar-refractivity contribution in [1.29, 1.82) is 0 Å². The Hall–Kier alpha value is -5.16. The second kappa shape index (κ2) is 14.1. The molecule has 0 aliphatic heterocycles. The zero-order valence-corrected chi connectivity index (χ0v) is 28.1. The van der Waals surface area contributed by atoms with Crippen LogP contribution in [0.15, 0.2) is 146 Å². The van der Waals surface area contributed by atoms with E-state index in [2.05, 4.69) is 121 Å². The maximum absolute atomic E-state index is 10.3. The highest BCUT2D eigenvalue weighted by Gasteiger charge is 2.48. The van der Waals surface area contributed by atoms with E-state index in [-0.39, 0.29) is 13.2 Å². The minimum absolute atomic E-state index is 0.188. The minimum Gasteiger partial charge on any atom is -0.491 e. The first-order chi connectivity index (χ1) is 24.0. The van der Waals surface area contributed by atoms with Gasteiger partial charge < -0.3 is 19.7 Å². The molecule has 7 rings (SSSR count). The smallest absolute Gasteiger partial charge is 0.123 e. The van der Waals surface area contributed by atoms with E-state index >= 15 is 0 Å². The predicted molar refractivity (Wildman–Crippen MR) is 197 cm³/mol. The lowest BCUT2D eigenvalue weighted by Gasteiger charge is -2.38. The molecule has 0 spiro atoms. The van der Waals surface area contributed by atoms with Crippen LogP contribution in [0.1, 0.15) is 58.4 Å². The van der Waals surface area contributed by atoms with E-state index < -0.39 is 17.6 Å². The molecule has 0 fully saturated rings. The summed E-state index contributed by atoms with van der Waals surface area (Å²) in [6.07, 6.45) is 0.0558. The molecule has 1 aliphatic carbocycles. The van der Waals surface area contributed by atoms with E-state index in [0.29, 0.717) is 12.8 Å². The summed E-state index contributed by atoms with van der Waals surface area (Å²) in [5.41, 5.74) is 10.8. The summed E-state index contributed by atoms with van der Waals surface area (Å²) < 4.78 is 12.9. The topological polar surface area (TPSA) is 58.9 Å². The third kappa shape index (κ3) is 6.26. The van der Waals surface area contributed by atoms with Gasteiger partial charge in [-0.05, 0) is 70.5 Å². The second-order valence-electron chi connectivity index (χ2n) is 13.1. The molecule has 0 heterocycles. The zero-order valence-electron chi connectivity index (χ0n) is 28.1. The SMILES string of the molecule is CC(O)COc1cccc(C2(c3cccc(OCC(C)O)c3Cc3ccccc3)c3ccccc3-c3ccccc32)c1Cc1ccccc1. The number of hydrogen-bond donors (Lipinski definition) is 2. The summed E-state index contributed by atoms with van der Waals surface area (Å²) in [6.45, 7) is 3.88. The Labute approximate surface area is 289 Å². The van der Waals surface area contributed by atoms with E-state index in [1.807, 2.05) is 24.3 Å². The third-order valence-corrected chi connectivity index (χ3v) is 9.43. The van der Waals surface area contributed by atoms with Gasteiger partial charge in [-0.25, -0.2) is 0 Å². The van der Waals surface area contributed by atoms with Crippen LogP contribution in [0.3, 0.4) is 0 Å². The van der Waals surface area contributed by atoms with E-state index in [9.17, 15) is 10.2 Å². The molecular formula is C45H42O4. The Balaban J connectivity index is 1.59. The molecule has 49 heavy (non-hydrogen) atoms. The fraction of sp³-hybridized carbons (Fsp3) is 0.200. The zero-order chi connectivity index (χ0) is 33.8. The first-order valence-corrected chi connectivity index (χ1v) is 17.1. The largest absolute Gasteiger partial charge is 0.491 e. The van der Waals surface area contributed by atoms with Crippen molar-refractivity contribution in [2.75, 3.05) is 13.2 Å². The van der Waals surface area contributed by atoms with Crippen molar-refractivity contribution in [3.05, 3.63) is 190 Å². The molecule has 0 amide bonds. The summed E-state index contributed by atoms with van der Waals surface area (Å²) in [4.78, 5) is 0. The molecule has 1 aliphatic rings. The van der Waals surface area contributed by atoms with Crippen LogP contribution in [0.5, 0.6) is 11.5 Å². The molecule has 0 saturated heterocycles. The molecule has 0 saturated carbocycles. The highest BCUT2D eigenvalue weighted by molar-refractivity contribution is 5.87. The molecule has 0 bridgehead atoms. The maximum atomic E-state index is 10.3. The standard InChI is InChI=1S/C45H42O4/c1-31(46)29-48-43-25-13-23-41(37(43)27-33-15-5-3-6-16-33)45(39-21-11-9-19-35(39)36-20-10-12-22-40(36)45)42-24-14-26-44(49-30-32(2)47)38(42)28-34-17-7-4-8-18-34/h3-26,31-32,46-47H,27-30H2,1-2H3. The average molecular weight is 647 g/mol. The van der Waals surface area contributed by atoms with Crippen molar-refractivity contribution in [1.82, 2.24) is 0 Å². The van der Waals surface area contributed by atoms with E-state index in [1.54, 1.807) is 13.8 Å². The summed E-state index contributed by atoms with van der Waals surface area (Å²) in [7, 11) is 0. The fourth-order valence-corrected chi connectivity index (χ4v) is 7.45. The average Bonchev–Trinajstić information content (AvgIpc) is 3.42. The van der Waals surface area contributed by atoms with Crippen molar-refractivity contribution in [2.45, 2.75) is 44.3 Å². The van der Waals surface area contributed by atoms with E-state index in [1.165, 1.54) is 33.4 Å². The maximum Gasteiger partial charge on any atom is 0.123 e. The lowest BCUT2D eigenvalue weighted by atomic mass is 9.64. The first kappa shape index (κ1) is 32.4. The van der Waals surface area contributed by atoms with Crippen molar-refractivity contribution in [2.24, 2.45) is 0 Å². The number of aliphatic hydroxyl groups excluding tert-OH is 2. The van der Waals surface area contributed by atoms with Crippen LogP contribution in [-0.2, 0) is 18.3 Å². The third-order valence-electron chi connectivity index (χ3n) is 9.43. The lowest BCUT2D eigenvalue weighted by molar-refractivity contribution is 0.122. The molecular weight excluding hydrogens is 604 g/mol. The number of hydrogen-bond acceptors (Lipinski definition) is 4. The van der Waals surface area contributed by atoms with Gasteiger partial charge in [-0.1, -0.05) is 133 Å². The van der Waals surface area contributed by atoms with Gasteiger partial charge in [0.2, 0.25) is 0 Å². The number of fused-ring (bicyclic) bond motifs is 3. The molecule has 4 nitrogen and oxygen atoms in total. The van der Waals surface area contributed by atoms with Gasteiger partial charge in [-0.15, -0.1) is 0 Å². The number of ether oxygens (including phenoxy) is 2. The van der Waals surface area contributed by atoms with Gasteiger partial charge in [0.25, 0.3) is 0 Å². The summed E-state index contributed by atoms with van der Waals surface area (Å²) >= 11 is 0. The van der Waals surface area contributed by atoms with Gasteiger partial charge >= 0.3 is 0 Å². The molecule has 4 heteroatoms. The van der Waals surface area contributed by atoms with Crippen LogP contribution in [0, 0.1) is 0 Å². The van der Waals surface area contributed by atoms with Gasteiger partial charge in [0, 0.05) is 24.0 Å². The van der Waals surface area contributed by atoms with E-state index in [4.69, 9.17) is 9.47 Å². The summed E-state index contributed by atoms with van der Waals surface area (Å²) in [6, 6.07) is 51.2. The normalized spacial score (nSPS) is 14.0. The minimum atomic E-state index is -0.740. The van der Waals surface area contributed by atoms with Crippen LogP contribution in [0.25, 0.3) is 11.1 Å². The number of rotatable bonds is 12. The second-order valence-corrected chi connectivity index (χ2v) is 13.1. The number of benzene rings is 6. The Morgan fingerprint density at radius 3 is 1.22 bits per heavy atom. The van der Waals surface area contributed by atoms with Gasteiger partial charge in [0.05, 0.1) is 17.6 Å². The Kier molecular flexibility index (Phi) is 9.34. The van der Waals surface area contributed by atoms with Crippen molar-refractivity contribution in [3.63, 3.8) is 0 Å². The molecule has 6 aromatic carbocycles. The van der Waals surface area contributed by atoms with Crippen LogP contribution in [0.4, 0.5) is 0 Å². The Bertz CT molecular complexity index is 1880. The lowest BCUT2D eigenvalue weighted by Crippen LogP contribution is -2.32. The number of aliphatic hydroxyl groups is 2. The molecule has 2 atom stereocenters. The van der Waals surface area contributed by atoms with Gasteiger partial charge in [0.1, 0.15) is 24.7 Å². The van der Waals surface area contributed by atoms with Gasteiger partial charge in [-0.3, -0.25) is 0 Å². The van der Waals surface area contributed by atoms with E-state index in [0.717, 1.165) is 33.8 Å². The van der Waals surface area contributed by atoms with Crippen molar-refractivity contribution < 1.29 is 19.7 Å². The van der Waals surface area contributed by atoms with Gasteiger partial charge in [0.15, 0.2) is 0 Å². The first-order valence-electron chi connectivity index (χ1n) is 17.1. The van der Waals surface area contributed by atoms with Crippen molar-refractivity contribution >= 4 is 0 Å². The Morgan fingerprint density at radius 1 is 0.449 bits per heavy atom.